The third kappa shape index (κ3) is 4.22. The number of hydrogen-bond donors (Lipinski definition) is 1. The highest BCUT2D eigenvalue weighted by molar-refractivity contribution is 5.00. The molecule has 18 heavy (non-hydrogen) atoms. The van der Waals surface area contributed by atoms with Gasteiger partial charge < -0.3 is 14.8 Å². The van der Waals surface area contributed by atoms with Crippen molar-refractivity contribution in [3.63, 3.8) is 0 Å². The Morgan fingerprint density at radius 3 is 2.28 bits per heavy atom. The molecule has 1 heterocycles. The van der Waals surface area contributed by atoms with Crippen LogP contribution in [-0.2, 0) is 9.47 Å². The summed E-state index contributed by atoms with van der Waals surface area (Å²) in [5, 5.41) is 3.75. The van der Waals surface area contributed by atoms with Gasteiger partial charge in [-0.05, 0) is 47.0 Å². The molecule has 1 fully saturated rings. The van der Waals surface area contributed by atoms with Crippen molar-refractivity contribution in [2.45, 2.75) is 78.2 Å². The fourth-order valence-electron chi connectivity index (χ4n) is 2.76. The van der Waals surface area contributed by atoms with Crippen LogP contribution in [0.1, 0.15) is 54.9 Å². The molecule has 1 saturated heterocycles. The van der Waals surface area contributed by atoms with Gasteiger partial charge in [-0.25, -0.2) is 0 Å². The highest BCUT2D eigenvalue weighted by Crippen LogP contribution is 2.37. The maximum Gasteiger partial charge on any atom is 0.0787 e. The van der Waals surface area contributed by atoms with E-state index in [-0.39, 0.29) is 11.2 Å². The Hall–Kier alpha value is -0.120. The van der Waals surface area contributed by atoms with Gasteiger partial charge in [0.15, 0.2) is 0 Å². The standard InChI is InChI=1S/C15H31NO2/c1-8-17-10-12(11(2)3)16-13-9-14(4,5)18-15(13,6)7/h11-13,16H,8-10H2,1-7H3. The summed E-state index contributed by atoms with van der Waals surface area (Å²) in [6, 6.07) is 0.784. The lowest BCUT2D eigenvalue weighted by molar-refractivity contribution is -0.0714. The molecule has 1 aliphatic heterocycles. The highest BCUT2D eigenvalue weighted by atomic mass is 16.5. The SMILES string of the molecule is CCOCC(NC1CC(C)(C)OC1(C)C)C(C)C. The fourth-order valence-corrected chi connectivity index (χ4v) is 2.76. The van der Waals surface area contributed by atoms with E-state index in [9.17, 15) is 0 Å². The molecule has 1 rings (SSSR count). The Morgan fingerprint density at radius 2 is 1.89 bits per heavy atom. The van der Waals surface area contributed by atoms with Gasteiger partial charge in [0, 0.05) is 18.7 Å². The van der Waals surface area contributed by atoms with Crippen LogP contribution in [0.5, 0.6) is 0 Å². The molecule has 108 valence electrons. The minimum absolute atomic E-state index is 0.0334. The molecule has 0 saturated carbocycles. The second-order valence-corrected chi connectivity index (χ2v) is 6.90. The van der Waals surface area contributed by atoms with Gasteiger partial charge in [0.1, 0.15) is 0 Å². The molecule has 0 amide bonds. The van der Waals surface area contributed by atoms with Crippen LogP contribution in [0.25, 0.3) is 0 Å². The van der Waals surface area contributed by atoms with Gasteiger partial charge in [-0.2, -0.15) is 0 Å². The molecular weight excluding hydrogens is 226 g/mol. The smallest absolute Gasteiger partial charge is 0.0787 e. The van der Waals surface area contributed by atoms with Crippen LogP contribution in [-0.4, -0.2) is 36.5 Å². The Bertz CT molecular complexity index is 261. The Balaban J connectivity index is 2.63. The molecule has 0 aliphatic carbocycles. The van der Waals surface area contributed by atoms with Gasteiger partial charge in [-0.1, -0.05) is 13.8 Å². The van der Waals surface area contributed by atoms with Gasteiger partial charge >= 0.3 is 0 Å². The predicted molar refractivity (Wildman–Crippen MR) is 75.9 cm³/mol. The van der Waals surface area contributed by atoms with E-state index in [1.54, 1.807) is 0 Å². The van der Waals surface area contributed by atoms with E-state index in [1.165, 1.54) is 0 Å². The molecule has 0 aromatic rings. The van der Waals surface area contributed by atoms with Gasteiger partial charge in [0.25, 0.3) is 0 Å². The lowest BCUT2D eigenvalue weighted by atomic mass is 9.92. The average molecular weight is 257 g/mol. The fraction of sp³-hybridized carbons (Fsp3) is 1.00. The molecule has 0 aromatic heterocycles. The summed E-state index contributed by atoms with van der Waals surface area (Å²) in [6.07, 6.45) is 1.05. The molecule has 0 radical (unpaired) electrons. The minimum Gasteiger partial charge on any atom is -0.380 e. The van der Waals surface area contributed by atoms with E-state index in [0.717, 1.165) is 19.6 Å². The summed E-state index contributed by atoms with van der Waals surface area (Å²) in [6.45, 7) is 16.8. The Labute approximate surface area is 113 Å². The van der Waals surface area contributed by atoms with E-state index in [4.69, 9.17) is 9.47 Å². The number of nitrogens with one attached hydrogen (secondary N) is 1. The van der Waals surface area contributed by atoms with Crippen molar-refractivity contribution in [1.29, 1.82) is 0 Å². The zero-order valence-electron chi connectivity index (χ0n) is 13.2. The average Bonchev–Trinajstić information content (AvgIpc) is 2.40. The van der Waals surface area contributed by atoms with E-state index in [0.29, 0.717) is 18.0 Å². The van der Waals surface area contributed by atoms with Crippen LogP contribution in [0.15, 0.2) is 0 Å². The van der Waals surface area contributed by atoms with Gasteiger partial charge in [0.2, 0.25) is 0 Å². The van der Waals surface area contributed by atoms with E-state index in [1.807, 2.05) is 6.92 Å². The number of hydrogen-bond acceptors (Lipinski definition) is 3. The third-order valence-electron chi connectivity index (χ3n) is 3.80. The molecule has 0 aromatic carbocycles. The van der Waals surface area contributed by atoms with Crippen LogP contribution in [0, 0.1) is 5.92 Å². The summed E-state index contributed by atoms with van der Waals surface area (Å²) >= 11 is 0. The molecule has 1 N–H and O–H groups in total. The molecular formula is C15H31NO2. The van der Waals surface area contributed by atoms with Crippen molar-refractivity contribution in [2.24, 2.45) is 5.92 Å². The van der Waals surface area contributed by atoms with Crippen LogP contribution in [0.3, 0.4) is 0 Å². The first-order chi connectivity index (χ1) is 8.18. The first-order valence-corrected chi connectivity index (χ1v) is 7.22. The Morgan fingerprint density at radius 1 is 1.28 bits per heavy atom. The van der Waals surface area contributed by atoms with Crippen LogP contribution in [0.2, 0.25) is 0 Å². The van der Waals surface area contributed by atoms with E-state index >= 15 is 0 Å². The summed E-state index contributed by atoms with van der Waals surface area (Å²) in [7, 11) is 0. The zero-order valence-corrected chi connectivity index (χ0v) is 13.2. The summed E-state index contributed by atoms with van der Waals surface area (Å²) in [5.41, 5.74) is -0.142. The molecule has 3 nitrogen and oxygen atoms in total. The van der Waals surface area contributed by atoms with E-state index in [2.05, 4.69) is 46.9 Å². The minimum atomic E-state index is -0.108. The molecule has 1 aliphatic rings. The summed E-state index contributed by atoms with van der Waals surface area (Å²) in [5.74, 6) is 0.566. The largest absolute Gasteiger partial charge is 0.380 e. The van der Waals surface area contributed by atoms with Crippen molar-refractivity contribution in [1.82, 2.24) is 5.32 Å². The quantitative estimate of drug-likeness (QED) is 0.793. The molecule has 3 heteroatoms. The van der Waals surface area contributed by atoms with Gasteiger partial charge in [-0.3, -0.25) is 0 Å². The van der Waals surface area contributed by atoms with Crippen LogP contribution < -0.4 is 5.32 Å². The molecule has 2 unspecified atom stereocenters. The molecule has 0 spiro atoms. The van der Waals surface area contributed by atoms with Crippen LogP contribution in [0.4, 0.5) is 0 Å². The summed E-state index contributed by atoms with van der Waals surface area (Å²) < 4.78 is 11.7. The van der Waals surface area contributed by atoms with Crippen molar-refractivity contribution >= 4 is 0 Å². The monoisotopic (exact) mass is 257 g/mol. The van der Waals surface area contributed by atoms with Crippen molar-refractivity contribution in [2.75, 3.05) is 13.2 Å². The normalized spacial score (nSPS) is 27.7. The van der Waals surface area contributed by atoms with Crippen LogP contribution >= 0.6 is 0 Å². The maximum atomic E-state index is 6.13. The Kier molecular flexibility index (Phi) is 5.22. The number of ether oxygens (including phenoxy) is 2. The second kappa shape index (κ2) is 5.89. The van der Waals surface area contributed by atoms with Crippen molar-refractivity contribution in [3.8, 4) is 0 Å². The molecule has 2 atom stereocenters. The second-order valence-electron chi connectivity index (χ2n) is 6.90. The first kappa shape index (κ1) is 15.9. The van der Waals surface area contributed by atoms with Gasteiger partial charge in [-0.15, -0.1) is 0 Å². The van der Waals surface area contributed by atoms with Crippen molar-refractivity contribution in [3.05, 3.63) is 0 Å². The third-order valence-corrected chi connectivity index (χ3v) is 3.80. The van der Waals surface area contributed by atoms with Crippen molar-refractivity contribution < 1.29 is 9.47 Å². The zero-order chi connectivity index (χ0) is 14.0. The topological polar surface area (TPSA) is 30.5 Å². The molecule has 0 bridgehead atoms. The lowest BCUT2D eigenvalue weighted by Crippen LogP contribution is -2.51. The maximum absolute atomic E-state index is 6.13. The summed E-state index contributed by atoms with van der Waals surface area (Å²) in [4.78, 5) is 0. The van der Waals surface area contributed by atoms with Gasteiger partial charge in [0.05, 0.1) is 17.8 Å². The predicted octanol–water partition coefficient (Wildman–Crippen LogP) is 2.98. The lowest BCUT2D eigenvalue weighted by Gasteiger charge is -2.32. The highest BCUT2D eigenvalue weighted by Gasteiger charge is 2.46. The van der Waals surface area contributed by atoms with E-state index < -0.39 is 0 Å². The number of rotatable bonds is 6. The first-order valence-electron chi connectivity index (χ1n) is 7.22.